The van der Waals surface area contributed by atoms with Crippen molar-refractivity contribution in [3.05, 3.63) is 23.2 Å². The van der Waals surface area contributed by atoms with E-state index in [0.29, 0.717) is 35.8 Å². The summed E-state index contributed by atoms with van der Waals surface area (Å²) in [5, 5.41) is 5.91. The number of amides is 2. The lowest BCUT2D eigenvalue weighted by molar-refractivity contribution is -0.126. The van der Waals surface area contributed by atoms with Crippen molar-refractivity contribution in [2.75, 3.05) is 19.0 Å². The lowest BCUT2D eigenvalue weighted by Crippen LogP contribution is -2.40. The highest BCUT2D eigenvalue weighted by molar-refractivity contribution is 6.32. The van der Waals surface area contributed by atoms with Gasteiger partial charge in [-0.2, -0.15) is 0 Å². The highest BCUT2D eigenvalue weighted by Crippen LogP contribution is 2.27. The molecule has 19 heavy (non-hydrogen) atoms. The van der Waals surface area contributed by atoms with Crippen molar-refractivity contribution in [1.29, 1.82) is 0 Å². The first-order chi connectivity index (χ1) is 9.10. The molecule has 2 amide bonds. The van der Waals surface area contributed by atoms with E-state index in [4.69, 9.17) is 16.3 Å². The first-order valence-corrected chi connectivity index (χ1v) is 6.39. The molecule has 1 fully saturated rings. The topological polar surface area (TPSA) is 67.4 Å². The van der Waals surface area contributed by atoms with Crippen molar-refractivity contribution in [3.63, 3.8) is 0 Å². The van der Waals surface area contributed by atoms with Crippen LogP contribution in [0.5, 0.6) is 5.75 Å². The van der Waals surface area contributed by atoms with Crippen LogP contribution < -0.4 is 15.4 Å². The number of carbonyl (C=O) groups is 2. The third kappa shape index (κ3) is 3.38. The molecule has 0 saturated carbocycles. The molecule has 0 spiro atoms. The molecule has 1 unspecified atom stereocenters. The van der Waals surface area contributed by atoms with Gasteiger partial charge in [-0.3, -0.25) is 9.59 Å². The molecule has 102 valence electrons. The number of hydrogen-bond acceptors (Lipinski definition) is 3. The Balaban J connectivity index is 1.99. The lowest BCUT2D eigenvalue weighted by atomic mass is 9.98. The third-order valence-corrected chi connectivity index (χ3v) is 3.35. The summed E-state index contributed by atoms with van der Waals surface area (Å²) in [5.41, 5.74) is 0.618. The number of nitrogens with one attached hydrogen (secondary N) is 2. The van der Waals surface area contributed by atoms with Crippen molar-refractivity contribution < 1.29 is 14.3 Å². The summed E-state index contributed by atoms with van der Waals surface area (Å²) in [6.07, 6.45) is 0.961. The summed E-state index contributed by atoms with van der Waals surface area (Å²) in [7, 11) is 1.53. The summed E-state index contributed by atoms with van der Waals surface area (Å²) >= 11 is 5.98. The predicted octanol–water partition coefficient (Wildman–Crippen LogP) is 1.81. The van der Waals surface area contributed by atoms with Crippen molar-refractivity contribution >= 4 is 29.1 Å². The Morgan fingerprint density at radius 3 is 2.89 bits per heavy atom. The molecule has 1 saturated heterocycles. The fourth-order valence-electron chi connectivity index (χ4n) is 1.95. The number of benzene rings is 1. The molecule has 1 aliphatic heterocycles. The average Bonchev–Trinajstić information content (AvgIpc) is 2.39. The van der Waals surface area contributed by atoms with E-state index in [2.05, 4.69) is 10.6 Å². The molecule has 0 aromatic heterocycles. The largest absolute Gasteiger partial charge is 0.495 e. The minimum Gasteiger partial charge on any atom is -0.495 e. The van der Waals surface area contributed by atoms with Crippen LogP contribution in [0.3, 0.4) is 0 Å². The predicted molar refractivity (Wildman–Crippen MR) is 72.4 cm³/mol. The van der Waals surface area contributed by atoms with Gasteiger partial charge in [0.1, 0.15) is 5.75 Å². The standard InChI is InChI=1S/C13H15ClN2O3/c1-19-11-4-3-9(6-10(11)14)16-13(18)8-2-5-12(17)15-7-8/h3-4,6,8H,2,5,7H2,1H3,(H,15,17)(H,16,18). The maximum Gasteiger partial charge on any atom is 0.229 e. The minimum absolute atomic E-state index is 0.00320. The smallest absolute Gasteiger partial charge is 0.229 e. The van der Waals surface area contributed by atoms with Gasteiger partial charge < -0.3 is 15.4 Å². The Labute approximate surface area is 116 Å². The maximum absolute atomic E-state index is 12.0. The van der Waals surface area contributed by atoms with Crippen molar-refractivity contribution in [1.82, 2.24) is 5.32 Å². The molecule has 0 bridgehead atoms. The van der Waals surface area contributed by atoms with Crippen LogP contribution in [0.2, 0.25) is 5.02 Å². The van der Waals surface area contributed by atoms with Crippen LogP contribution in [0.15, 0.2) is 18.2 Å². The van der Waals surface area contributed by atoms with E-state index in [1.807, 2.05) is 0 Å². The minimum atomic E-state index is -0.196. The second-order valence-electron chi connectivity index (χ2n) is 4.38. The first-order valence-electron chi connectivity index (χ1n) is 6.01. The summed E-state index contributed by atoms with van der Waals surface area (Å²) < 4.78 is 5.04. The zero-order valence-electron chi connectivity index (χ0n) is 10.5. The summed E-state index contributed by atoms with van der Waals surface area (Å²) in [4.78, 5) is 23.0. The zero-order chi connectivity index (χ0) is 13.8. The van der Waals surface area contributed by atoms with Gasteiger partial charge in [0.05, 0.1) is 18.1 Å². The Morgan fingerprint density at radius 2 is 2.32 bits per heavy atom. The molecule has 5 nitrogen and oxygen atoms in total. The van der Waals surface area contributed by atoms with Gasteiger partial charge in [-0.1, -0.05) is 11.6 Å². The molecular formula is C13H15ClN2O3. The van der Waals surface area contributed by atoms with Crippen molar-refractivity contribution in [3.8, 4) is 5.75 Å². The number of hydrogen-bond donors (Lipinski definition) is 2. The fourth-order valence-corrected chi connectivity index (χ4v) is 2.20. The quantitative estimate of drug-likeness (QED) is 0.888. The lowest BCUT2D eigenvalue weighted by Gasteiger charge is -2.21. The molecule has 0 radical (unpaired) electrons. The monoisotopic (exact) mass is 282 g/mol. The Kier molecular flexibility index (Phi) is 4.27. The number of rotatable bonds is 3. The Hall–Kier alpha value is -1.75. The van der Waals surface area contributed by atoms with Crippen LogP contribution in [0, 0.1) is 5.92 Å². The van der Waals surface area contributed by atoms with E-state index in [9.17, 15) is 9.59 Å². The molecule has 1 aromatic rings. The molecule has 0 aliphatic carbocycles. The van der Waals surface area contributed by atoms with Gasteiger partial charge in [-0.05, 0) is 24.6 Å². The molecule has 1 aromatic carbocycles. The van der Waals surface area contributed by atoms with E-state index >= 15 is 0 Å². The number of anilines is 1. The normalized spacial score (nSPS) is 18.6. The Bertz CT molecular complexity index is 495. The molecule has 1 heterocycles. The zero-order valence-corrected chi connectivity index (χ0v) is 11.3. The van der Waals surface area contributed by atoms with Gasteiger partial charge in [-0.25, -0.2) is 0 Å². The fraction of sp³-hybridized carbons (Fsp3) is 0.385. The summed E-state index contributed by atoms with van der Waals surface area (Å²) in [6.45, 7) is 0.383. The SMILES string of the molecule is COc1ccc(NC(=O)C2CCC(=O)NC2)cc1Cl. The average molecular weight is 283 g/mol. The van der Waals surface area contributed by atoms with Crippen LogP contribution in [0.4, 0.5) is 5.69 Å². The highest BCUT2D eigenvalue weighted by Gasteiger charge is 2.24. The van der Waals surface area contributed by atoms with Gasteiger partial charge >= 0.3 is 0 Å². The van der Waals surface area contributed by atoms with E-state index in [0.717, 1.165) is 0 Å². The van der Waals surface area contributed by atoms with Crippen molar-refractivity contribution in [2.45, 2.75) is 12.8 Å². The molecule has 2 rings (SSSR count). The van der Waals surface area contributed by atoms with Gasteiger partial charge in [0.15, 0.2) is 0 Å². The van der Waals surface area contributed by atoms with Crippen LogP contribution in [0.25, 0.3) is 0 Å². The summed E-state index contributed by atoms with van der Waals surface area (Å²) in [6, 6.07) is 5.06. The first kappa shape index (κ1) is 13.7. The molecule has 1 aliphatic rings. The van der Waals surface area contributed by atoms with Gasteiger partial charge in [0, 0.05) is 18.7 Å². The van der Waals surface area contributed by atoms with E-state index < -0.39 is 0 Å². The number of carbonyl (C=O) groups excluding carboxylic acids is 2. The van der Waals surface area contributed by atoms with Crippen LogP contribution in [-0.2, 0) is 9.59 Å². The molecule has 1 atom stereocenters. The van der Waals surface area contributed by atoms with Crippen LogP contribution in [0.1, 0.15) is 12.8 Å². The maximum atomic E-state index is 12.0. The molecular weight excluding hydrogens is 268 g/mol. The van der Waals surface area contributed by atoms with Crippen LogP contribution in [-0.4, -0.2) is 25.5 Å². The van der Waals surface area contributed by atoms with E-state index in [1.54, 1.807) is 18.2 Å². The van der Waals surface area contributed by atoms with Gasteiger partial charge in [0.2, 0.25) is 11.8 Å². The number of halogens is 1. The van der Waals surface area contributed by atoms with E-state index in [1.165, 1.54) is 7.11 Å². The Morgan fingerprint density at radius 1 is 1.53 bits per heavy atom. The van der Waals surface area contributed by atoms with E-state index in [-0.39, 0.29) is 17.7 Å². The van der Waals surface area contributed by atoms with Gasteiger partial charge in [0.25, 0.3) is 0 Å². The van der Waals surface area contributed by atoms with Crippen LogP contribution >= 0.6 is 11.6 Å². The molecule has 2 N–H and O–H groups in total. The second-order valence-corrected chi connectivity index (χ2v) is 4.79. The summed E-state index contributed by atoms with van der Waals surface area (Å²) in [5.74, 6) is 0.251. The molecule has 6 heteroatoms. The van der Waals surface area contributed by atoms with Gasteiger partial charge in [-0.15, -0.1) is 0 Å². The number of piperidine rings is 1. The number of methoxy groups -OCH3 is 1. The van der Waals surface area contributed by atoms with Crippen molar-refractivity contribution in [2.24, 2.45) is 5.92 Å². The third-order valence-electron chi connectivity index (χ3n) is 3.06. The highest BCUT2D eigenvalue weighted by atomic mass is 35.5. The number of ether oxygens (including phenoxy) is 1. The second kappa shape index (κ2) is 5.93.